The summed E-state index contributed by atoms with van der Waals surface area (Å²) >= 11 is 0. The molecule has 0 aliphatic heterocycles. The SMILES string of the molecule is COc1ccc(CCN(Cc2ccccc2)C(=O)CCN)cc1.Cl. The van der Waals surface area contributed by atoms with Crippen LogP contribution in [0, 0.1) is 0 Å². The van der Waals surface area contributed by atoms with Crippen molar-refractivity contribution in [3.05, 3.63) is 65.7 Å². The molecule has 0 atom stereocenters. The van der Waals surface area contributed by atoms with Crippen molar-refractivity contribution < 1.29 is 9.53 Å². The summed E-state index contributed by atoms with van der Waals surface area (Å²) < 4.78 is 5.17. The molecule has 130 valence electrons. The normalized spacial score (nSPS) is 9.92. The molecule has 0 heterocycles. The first-order chi connectivity index (χ1) is 11.2. The van der Waals surface area contributed by atoms with E-state index < -0.39 is 0 Å². The lowest BCUT2D eigenvalue weighted by atomic mass is 10.1. The lowest BCUT2D eigenvalue weighted by Crippen LogP contribution is -2.33. The van der Waals surface area contributed by atoms with Crippen molar-refractivity contribution in [1.82, 2.24) is 4.90 Å². The number of nitrogens with zero attached hydrogens (tertiary/aromatic N) is 1. The number of hydrogen-bond donors (Lipinski definition) is 1. The first kappa shape index (κ1) is 20.0. The van der Waals surface area contributed by atoms with Gasteiger partial charge in [-0.2, -0.15) is 0 Å². The number of carbonyl (C=O) groups excluding carboxylic acids is 1. The summed E-state index contributed by atoms with van der Waals surface area (Å²) in [6.45, 7) is 1.68. The molecule has 0 radical (unpaired) electrons. The van der Waals surface area contributed by atoms with E-state index >= 15 is 0 Å². The molecular formula is C19H25ClN2O2. The molecule has 2 aromatic carbocycles. The van der Waals surface area contributed by atoms with Gasteiger partial charge in [0.25, 0.3) is 0 Å². The van der Waals surface area contributed by atoms with Crippen LogP contribution in [0.1, 0.15) is 17.5 Å². The Hall–Kier alpha value is -2.04. The molecule has 0 aromatic heterocycles. The van der Waals surface area contributed by atoms with Gasteiger partial charge in [-0.15, -0.1) is 12.4 Å². The summed E-state index contributed by atoms with van der Waals surface area (Å²) in [5.41, 5.74) is 7.86. The molecule has 0 saturated carbocycles. The summed E-state index contributed by atoms with van der Waals surface area (Å²) in [5, 5.41) is 0. The zero-order valence-electron chi connectivity index (χ0n) is 14.0. The molecule has 2 aromatic rings. The van der Waals surface area contributed by atoms with E-state index in [4.69, 9.17) is 10.5 Å². The Morgan fingerprint density at radius 1 is 1.04 bits per heavy atom. The fraction of sp³-hybridized carbons (Fsp3) is 0.316. The van der Waals surface area contributed by atoms with Crippen LogP contribution < -0.4 is 10.5 Å². The number of amides is 1. The molecule has 1 amide bonds. The molecule has 0 saturated heterocycles. The first-order valence-electron chi connectivity index (χ1n) is 7.87. The highest BCUT2D eigenvalue weighted by Gasteiger charge is 2.13. The van der Waals surface area contributed by atoms with E-state index in [0.29, 0.717) is 26.1 Å². The second-order valence-corrected chi connectivity index (χ2v) is 5.44. The molecule has 0 fully saturated rings. The van der Waals surface area contributed by atoms with Gasteiger partial charge in [0.15, 0.2) is 0 Å². The monoisotopic (exact) mass is 348 g/mol. The molecule has 4 nitrogen and oxygen atoms in total. The van der Waals surface area contributed by atoms with Crippen LogP contribution >= 0.6 is 12.4 Å². The van der Waals surface area contributed by atoms with Crippen molar-refractivity contribution in [2.45, 2.75) is 19.4 Å². The predicted molar refractivity (Wildman–Crippen MR) is 99.5 cm³/mol. The predicted octanol–water partition coefficient (Wildman–Crippen LogP) is 3.04. The zero-order valence-corrected chi connectivity index (χ0v) is 14.8. The summed E-state index contributed by atoms with van der Waals surface area (Å²) in [7, 11) is 1.65. The quantitative estimate of drug-likeness (QED) is 0.797. The summed E-state index contributed by atoms with van der Waals surface area (Å²) in [5.74, 6) is 0.943. The van der Waals surface area contributed by atoms with Gasteiger partial charge in [0.2, 0.25) is 5.91 Å². The highest BCUT2D eigenvalue weighted by atomic mass is 35.5. The van der Waals surface area contributed by atoms with E-state index in [9.17, 15) is 4.79 Å². The van der Waals surface area contributed by atoms with Crippen LogP contribution in [0.5, 0.6) is 5.75 Å². The van der Waals surface area contributed by atoms with Crippen LogP contribution in [-0.2, 0) is 17.8 Å². The van der Waals surface area contributed by atoms with Gasteiger partial charge in [-0.05, 0) is 29.7 Å². The van der Waals surface area contributed by atoms with E-state index in [0.717, 1.165) is 17.7 Å². The zero-order chi connectivity index (χ0) is 16.5. The van der Waals surface area contributed by atoms with Crippen molar-refractivity contribution >= 4 is 18.3 Å². The van der Waals surface area contributed by atoms with Gasteiger partial charge in [0.1, 0.15) is 5.75 Å². The van der Waals surface area contributed by atoms with Gasteiger partial charge in [-0.3, -0.25) is 4.79 Å². The van der Waals surface area contributed by atoms with Crippen molar-refractivity contribution in [1.29, 1.82) is 0 Å². The van der Waals surface area contributed by atoms with Gasteiger partial charge < -0.3 is 15.4 Å². The Labute approximate surface area is 150 Å². The fourth-order valence-electron chi connectivity index (χ4n) is 2.43. The molecule has 0 unspecified atom stereocenters. The third-order valence-corrected chi connectivity index (χ3v) is 3.76. The Kier molecular flexibility index (Phi) is 8.90. The van der Waals surface area contributed by atoms with Gasteiger partial charge >= 0.3 is 0 Å². The number of rotatable bonds is 8. The van der Waals surface area contributed by atoms with Crippen LogP contribution in [0.2, 0.25) is 0 Å². The largest absolute Gasteiger partial charge is 0.497 e. The summed E-state index contributed by atoms with van der Waals surface area (Å²) in [4.78, 5) is 14.2. The minimum Gasteiger partial charge on any atom is -0.497 e. The number of ether oxygens (including phenoxy) is 1. The van der Waals surface area contributed by atoms with Gasteiger partial charge in [-0.25, -0.2) is 0 Å². The Morgan fingerprint density at radius 2 is 1.71 bits per heavy atom. The Balaban J connectivity index is 0.00000288. The molecule has 2 rings (SSSR count). The van der Waals surface area contributed by atoms with E-state index in [1.165, 1.54) is 5.56 Å². The first-order valence-corrected chi connectivity index (χ1v) is 7.87. The molecular weight excluding hydrogens is 324 g/mol. The molecule has 2 N–H and O–H groups in total. The number of methoxy groups -OCH3 is 1. The second-order valence-electron chi connectivity index (χ2n) is 5.44. The summed E-state index contributed by atoms with van der Waals surface area (Å²) in [6.07, 6.45) is 1.20. The van der Waals surface area contributed by atoms with Gasteiger partial charge in [0, 0.05) is 26.1 Å². The maximum atomic E-state index is 12.3. The Bertz CT molecular complexity index is 603. The van der Waals surface area contributed by atoms with Crippen LogP contribution in [-0.4, -0.2) is 31.0 Å². The van der Waals surface area contributed by atoms with Crippen molar-refractivity contribution in [2.24, 2.45) is 5.73 Å². The topological polar surface area (TPSA) is 55.6 Å². The molecule has 24 heavy (non-hydrogen) atoms. The van der Waals surface area contributed by atoms with Crippen LogP contribution in [0.25, 0.3) is 0 Å². The molecule has 5 heteroatoms. The smallest absolute Gasteiger partial charge is 0.224 e. The number of benzene rings is 2. The average Bonchev–Trinajstić information content (AvgIpc) is 2.60. The maximum absolute atomic E-state index is 12.3. The second kappa shape index (κ2) is 10.7. The minimum absolute atomic E-state index is 0. The number of halogens is 1. The van der Waals surface area contributed by atoms with Gasteiger partial charge in [-0.1, -0.05) is 42.5 Å². The molecule has 0 aliphatic rings. The maximum Gasteiger partial charge on any atom is 0.224 e. The standard InChI is InChI=1S/C19H24N2O2.ClH/c1-23-18-9-7-16(8-10-18)12-14-21(19(22)11-13-20)15-17-5-3-2-4-6-17;/h2-10H,11-15,20H2,1H3;1H. The average molecular weight is 349 g/mol. The van der Waals surface area contributed by atoms with E-state index in [1.54, 1.807) is 7.11 Å². The van der Waals surface area contributed by atoms with Crippen molar-refractivity contribution in [2.75, 3.05) is 20.2 Å². The third-order valence-electron chi connectivity index (χ3n) is 3.76. The van der Waals surface area contributed by atoms with E-state index in [1.807, 2.05) is 59.5 Å². The third kappa shape index (κ3) is 6.22. The fourth-order valence-corrected chi connectivity index (χ4v) is 2.43. The minimum atomic E-state index is 0. The highest BCUT2D eigenvalue weighted by Crippen LogP contribution is 2.13. The molecule has 0 aliphatic carbocycles. The van der Waals surface area contributed by atoms with E-state index in [2.05, 4.69) is 0 Å². The molecule has 0 bridgehead atoms. The number of nitrogens with two attached hydrogens (primary N) is 1. The van der Waals surface area contributed by atoms with Crippen LogP contribution in [0.4, 0.5) is 0 Å². The van der Waals surface area contributed by atoms with Crippen molar-refractivity contribution in [3.8, 4) is 5.75 Å². The summed E-state index contributed by atoms with van der Waals surface area (Å²) in [6, 6.07) is 18.0. The highest BCUT2D eigenvalue weighted by molar-refractivity contribution is 5.85. The molecule has 0 spiro atoms. The Morgan fingerprint density at radius 3 is 2.29 bits per heavy atom. The van der Waals surface area contributed by atoms with Gasteiger partial charge in [0.05, 0.1) is 7.11 Å². The number of hydrogen-bond acceptors (Lipinski definition) is 3. The lowest BCUT2D eigenvalue weighted by Gasteiger charge is -2.23. The number of carbonyl (C=O) groups is 1. The van der Waals surface area contributed by atoms with Crippen LogP contribution in [0.3, 0.4) is 0 Å². The lowest BCUT2D eigenvalue weighted by molar-refractivity contribution is -0.131. The van der Waals surface area contributed by atoms with Crippen molar-refractivity contribution in [3.63, 3.8) is 0 Å². The van der Waals surface area contributed by atoms with Crippen LogP contribution in [0.15, 0.2) is 54.6 Å². The van der Waals surface area contributed by atoms with E-state index in [-0.39, 0.29) is 18.3 Å².